The van der Waals surface area contributed by atoms with E-state index in [1.807, 2.05) is 11.8 Å². The molecule has 0 saturated carbocycles. The molecule has 1 aromatic carbocycles. The zero-order chi connectivity index (χ0) is 11.4. The summed E-state index contributed by atoms with van der Waals surface area (Å²) in [6.07, 6.45) is 2.89. The van der Waals surface area contributed by atoms with E-state index in [-0.39, 0.29) is 0 Å². The summed E-state index contributed by atoms with van der Waals surface area (Å²) in [5, 5.41) is 0. The van der Waals surface area contributed by atoms with Crippen molar-refractivity contribution in [2.75, 3.05) is 12.4 Å². The van der Waals surface area contributed by atoms with E-state index in [0.717, 1.165) is 12.4 Å². The molecule has 1 heterocycles. The van der Waals surface area contributed by atoms with Crippen molar-refractivity contribution in [3.63, 3.8) is 0 Å². The highest BCUT2D eigenvalue weighted by Gasteiger charge is 2.15. The van der Waals surface area contributed by atoms with Gasteiger partial charge in [0.2, 0.25) is 0 Å². The Balaban J connectivity index is 1.93. The fourth-order valence-corrected chi connectivity index (χ4v) is 3.04. The number of rotatable bonds is 4. The topological polar surface area (TPSA) is 35.2 Å². The minimum Gasteiger partial charge on any atom is -0.377 e. The Morgan fingerprint density at radius 3 is 3.00 bits per heavy atom. The van der Waals surface area contributed by atoms with Crippen LogP contribution in [0.4, 0.5) is 0 Å². The van der Waals surface area contributed by atoms with Gasteiger partial charge < -0.3 is 10.5 Å². The van der Waals surface area contributed by atoms with Crippen LogP contribution in [-0.2, 0) is 11.3 Å². The molecule has 1 saturated heterocycles. The molecule has 1 unspecified atom stereocenters. The van der Waals surface area contributed by atoms with Crippen molar-refractivity contribution >= 4 is 11.8 Å². The van der Waals surface area contributed by atoms with E-state index in [0.29, 0.717) is 12.6 Å². The number of aryl methyl sites for hydroxylation is 1. The van der Waals surface area contributed by atoms with Gasteiger partial charge in [-0.3, -0.25) is 0 Å². The molecule has 0 bridgehead atoms. The monoisotopic (exact) mass is 237 g/mol. The van der Waals surface area contributed by atoms with Gasteiger partial charge in [-0.1, -0.05) is 12.1 Å². The van der Waals surface area contributed by atoms with Crippen LogP contribution in [0, 0.1) is 6.92 Å². The third kappa shape index (κ3) is 3.00. The summed E-state index contributed by atoms with van der Waals surface area (Å²) >= 11 is 1.90. The Morgan fingerprint density at radius 2 is 2.38 bits per heavy atom. The summed E-state index contributed by atoms with van der Waals surface area (Å²) < 4.78 is 5.62. The van der Waals surface area contributed by atoms with Gasteiger partial charge in [0.05, 0.1) is 6.10 Å². The summed E-state index contributed by atoms with van der Waals surface area (Å²) in [4.78, 5) is 1.35. The van der Waals surface area contributed by atoms with E-state index in [2.05, 4.69) is 25.1 Å². The average molecular weight is 237 g/mol. The Morgan fingerprint density at radius 1 is 1.50 bits per heavy atom. The summed E-state index contributed by atoms with van der Waals surface area (Å²) in [6, 6.07) is 6.47. The van der Waals surface area contributed by atoms with Gasteiger partial charge in [-0.25, -0.2) is 0 Å². The number of ether oxygens (including phenoxy) is 1. The third-order valence-corrected chi connectivity index (χ3v) is 4.23. The minimum atomic E-state index is 0.457. The molecule has 0 amide bonds. The molecule has 1 aliphatic heterocycles. The smallest absolute Gasteiger partial charge is 0.0669 e. The van der Waals surface area contributed by atoms with E-state index in [9.17, 15) is 0 Å². The summed E-state index contributed by atoms with van der Waals surface area (Å²) in [6.45, 7) is 3.71. The summed E-state index contributed by atoms with van der Waals surface area (Å²) in [5.41, 5.74) is 8.15. The first-order chi connectivity index (χ1) is 7.79. The first kappa shape index (κ1) is 12.0. The molecule has 1 atom stereocenters. The van der Waals surface area contributed by atoms with E-state index >= 15 is 0 Å². The van der Waals surface area contributed by atoms with Gasteiger partial charge in [-0.2, -0.15) is 0 Å². The van der Waals surface area contributed by atoms with Gasteiger partial charge in [-0.15, -0.1) is 11.8 Å². The highest BCUT2D eigenvalue weighted by molar-refractivity contribution is 7.99. The van der Waals surface area contributed by atoms with E-state index in [1.54, 1.807) is 0 Å². The molecule has 16 heavy (non-hydrogen) atoms. The second-order valence-electron chi connectivity index (χ2n) is 4.25. The van der Waals surface area contributed by atoms with Crippen molar-refractivity contribution in [1.29, 1.82) is 0 Å². The Kier molecular flexibility index (Phi) is 4.27. The molecule has 88 valence electrons. The Hall–Kier alpha value is -0.510. The molecule has 0 spiro atoms. The molecule has 2 rings (SSSR count). The fourth-order valence-electron chi connectivity index (χ4n) is 1.96. The van der Waals surface area contributed by atoms with Gasteiger partial charge in [0.1, 0.15) is 0 Å². The quantitative estimate of drug-likeness (QED) is 0.818. The minimum absolute atomic E-state index is 0.457. The van der Waals surface area contributed by atoms with Gasteiger partial charge in [0.25, 0.3) is 0 Å². The molecule has 3 heteroatoms. The first-order valence-corrected chi connectivity index (χ1v) is 6.82. The van der Waals surface area contributed by atoms with Crippen LogP contribution in [-0.4, -0.2) is 18.5 Å². The Bertz CT molecular complexity index is 348. The van der Waals surface area contributed by atoms with Gasteiger partial charge >= 0.3 is 0 Å². The Labute approximate surface area is 102 Å². The van der Waals surface area contributed by atoms with E-state index in [1.165, 1.54) is 28.9 Å². The van der Waals surface area contributed by atoms with E-state index in [4.69, 9.17) is 10.5 Å². The molecule has 0 radical (unpaired) electrons. The van der Waals surface area contributed by atoms with Crippen LogP contribution in [0.15, 0.2) is 23.1 Å². The number of thioether (sulfide) groups is 1. The first-order valence-electron chi connectivity index (χ1n) is 5.83. The van der Waals surface area contributed by atoms with E-state index < -0.39 is 0 Å². The SMILES string of the molecule is Cc1cc(CN)ccc1SCC1CCCO1. The number of benzene rings is 1. The number of hydrogen-bond acceptors (Lipinski definition) is 3. The molecule has 1 fully saturated rings. The standard InChI is InChI=1S/C13H19NOS/c1-10-7-11(8-14)4-5-13(10)16-9-12-3-2-6-15-12/h4-5,7,12H,2-3,6,8-9,14H2,1H3. The van der Waals surface area contributed by atoms with Crippen LogP contribution in [0.2, 0.25) is 0 Å². The average Bonchev–Trinajstić information content (AvgIpc) is 2.80. The second kappa shape index (κ2) is 5.71. The molecule has 1 aliphatic rings. The maximum absolute atomic E-state index is 5.62. The van der Waals surface area contributed by atoms with Crippen molar-refractivity contribution in [2.45, 2.75) is 37.3 Å². The lowest BCUT2D eigenvalue weighted by Crippen LogP contribution is -2.07. The second-order valence-corrected chi connectivity index (χ2v) is 5.31. The van der Waals surface area contributed by atoms with Crippen molar-refractivity contribution in [2.24, 2.45) is 5.73 Å². The molecular formula is C13H19NOS. The molecule has 0 aromatic heterocycles. The molecular weight excluding hydrogens is 218 g/mol. The maximum atomic E-state index is 5.62. The lowest BCUT2D eigenvalue weighted by molar-refractivity contribution is 0.129. The predicted molar refractivity (Wildman–Crippen MR) is 68.8 cm³/mol. The van der Waals surface area contributed by atoms with Crippen molar-refractivity contribution < 1.29 is 4.74 Å². The van der Waals surface area contributed by atoms with Crippen molar-refractivity contribution in [1.82, 2.24) is 0 Å². The van der Waals surface area contributed by atoms with Crippen LogP contribution < -0.4 is 5.73 Å². The zero-order valence-electron chi connectivity index (χ0n) is 9.74. The third-order valence-electron chi connectivity index (χ3n) is 2.92. The predicted octanol–water partition coefficient (Wildman–Crippen LogP) is 2.72. The molecule has 2 N–H and O–H groups in total. The van der Waals surface area contributed by atoms with Crippen molar-refractivity contribution in [3.05, 3.63) is 29.3 Å². The number of nitrogens with two attached hydrogens (primary N) is 1. The lowest BCUT2D eigenvalue weighted by atomic mass is 10.1. The molecule has 2 nitrogen and oxygen atoms in total. The van der Waals surface area contributed by atoms with Crippen LogP contribution >= 0.6 is 11.8 Å². The highest BCUT2D eigenvalue weighted by Crippen LogP contribution is 2.26. The largest absolute Gasteiger partial charge is 0.377 e. The van der Waals surface area contributed by atoms with Crippen molar-refractivity contribution in [3.8, 4) is 0 Å². The highest BCUT2D eigenvalue weighted by atomic mass is 32.2. The van der Waals surface area contributed by atoms with Crippen LogP contribution in [0.25, 0.3) is 0 Å². The maximum Gasteiger partial charge on any atom is 0.0669 e. The van der Waals surface area contributed by atoms with Crippen LogP contribution in [0.5, 0.6) is 0 Å². The summed E-state index contributed by atoms with van der Waals surface area (Å²) in [5.74, 6) is 1.07. The van der Waals surface area contributed by atoms with Crippen LogP contribution in [0.1, 0.15) is 24.0 Å². The molecule has 0 aliphatic carbocycles. The normalized spacial score (nSPS) is 20.2. The molecule has 1 aromatic rings. The zero-order valence-corrected chi connectivity index (χ0v) is 10.6. The summed E-state index contributed by atoms with van der Waals surface area (Å²) in [7, 11) is 0. The van der Waals surface area contributed by atoms with Crippen LogP contribution in [0.3, 0.4) is 0 Å². The fraction of sp³-hybridized carbons (Fsp3) is 0.538. The number of hydrogen-bond donors (Lipinski definition) is 1. The van der Waals surface area contributed by atoms with Gasteiger partial charge in [-0.05, 0) is 37.0 Å². The lowest BCUT2D eigenvalue weighted by Gasteiger charge is -2.11. The van der Waals surface area contributed by atoms with Gasteiger partial charge in [0, 0.05) is 23.8 Å². The van der Waals surface area contributed by atoms with Gasteiger partial charge in [0.15, 0.2) is 0 Å².